The molecule has 3 N–H and O–H groups in total. The van der Waals surface area contributed by atoms with Gasteiger partial charge in [0.1, 0.15) is 5.15 Å². The van der Waals surface area contributed by atoms with Crippen LogP contribution in [-0.4, -0.2) is 16.6 Å². The van der Waals surface area contributed by atoms with E-state index in [9.17, 15) is 4.79 Å². The lowest BCUT2D eigenvalue weighted by Crippen LogP contribution is -2.22. The number of carbonyl (C=O) groups excluding carboxylic acids is 1. The van der Waals surface area contributed by atoms with Crippen LogP contribution in [0.5, 0.6) is 0 Å². The number of Topliss-reactive ketones (excluding diaryl/α,β-unsaturated/α-hetero) is 1. The highest BCUT2D eigenvalue weighted by atomic mass is 35.5. The quantitative estimate of drug-likeness (QED) is 0.309. The molecule has 4 nitrogen and oxygen atoms in total. The first-order chi connectivity index (χ1) is 5.61. The van der Waals surface area contributed by atoms with Gasteiger partial charge in [-0.3, -0.25) is 10.2 Å². The number of hydrogen-bond donors (Lipinski definition) is 2. The van der Waals surface area contributed by atoms with Gasteiger partial charge in [0, 0.05) is 11.8 Å². The summed E-state index contributed by atoms with van der Waals surface area (Å²) in [6.45, 7) is 0. The zero-order valence-corrected chi connectivity index (χ0v) is 6.80. The van der Waals surface area contributed by atoms with Crippen molar-refractivity contribution in [3.8, 4) is 0 Å². The number of nitrogens with zero attached hydrogens (tertiary/aromatic N) is 1. The van der Waals surface area contributed by atoms with Gasteiger partial charge < -0.3 is 5.73 Å². The average molecular weight is 184 g/mol. The summed E-state index contributed by atoms with van der Waals surface area (Å²) in [4.78, 5) is 14.7. The van der Waals surface area contributed by atoms with Crippen LogP contribution in [0.15, 0.2) is 18.3 Å². The molecule has 5 heteroatoms. The van der Waals surface area contributed by atoms with Gasteiger partial charge in [0.15, 0.2) is 5.84 Å². The number of hydrogen-bond acceptors (Lipinski definition) is 3. The molecule has 0 amide bonds. The van der Waals surface area contributed by atoms with E-state index in [1.165, 1.54) is 18.3 Å². The third-order valence-electron chi connectivity index (χ3n) is 1.23. The highest BCUT2D eigenvalue weighted by molar-refractivity contribution is 6.43. The van der Waals surface area contributed by atoms with Gasteiger partial charge in [-0.2, -0.15) is 0 Å². The fourth-order valence-corrected chi connectivity index (χ4v) is 0.873. The van der Waals surface area contributed by atoms with Crippen LogP contribution in [0.3, 0.4) is 0 Å². The molecule has 0 spiro atoms. The predicted molar refractivity (Wildman–Crippen MR) is 45.5 cm³/mol. The SMILES string of the molecule is N=C(N)C(=O)c1ccnc(Cl)c1. The van der Waals surface area contributed by atoms with E-state index in [2.05, 4.69) is 4.98 Å². The Morgan fingerprint density at radius 3 is 2.83 bits per heavy atom. The fraction of sp³-hybridized carbons (Fsp3) is 0. The van der Waals surface area contributed by atoms with Gasteiger partial charge in [0.2, 0.25) is 5.78 Å². The smallest absolute Gasteiger partial charge is 0.227 e. The molecule has 1 rings (SSSR count). The predicted octanol–water partition coefficient (Wildman–Crippen LogP) is 0.854. The molecule has 0 radical (unpaired) electrons. The van der Waals surface area contributed by atoms with E-state index in [-0.39, 0.29) is 10.7 Å². The number of carbonyl (C=O) groups is 1. The van der Waals surface area contributed by atoms with E-state index in [1.807, 2.05) is 0 Å². The number of nitrogens with two attached hydrogens (primary N) is 1. The lowest BCUT2D eigenvalue weighted by molar-refractivity contribution is 0.106. The van der Waals surface area contributed by atoms with E-state index in [0.29, 0.717) is 0 Å². The number of rotatable bonds is 2. The molecule has 1 heterocycles. The molecule has 12 heavy (non-hydrogen) atoms. The van der Waals surface area contributed by atoms with Crippen LogP contribution in [0, 0.1) is 5.41 Å². The summed E-state index contributed by atoms with van der Waals surface area (Å²) in [6.07, 6.45) is 1.39. The monoisotopic (exact) mass is 183 g/mol. The summed E-state index contributed by atoms with van der Waals surface area (Å²) < 4.78 is 0. The first-order valence-corrected chi connectivity index (χ1v) is 3.49. The van der Waals surface area contributed by atoms with Crippen LogP contribution in [-0.2, 0) is 0 Å². The summed E-state index contributed by atoms with van der Waals surface area (Å²) in [5.74, 6) is -1.04. The molecule has 0 bridgehead atoms. The minimum atomic E-state index is -0.542. The molecule has 0 aliphatic heterocycles. The van der Waals surface area contributed by atoms with E-state index in [4.69, 9.17) is 22.7 Å². The Morgan fingerprint density at radius 2 is 2.33 bits per heavy atom. The zero-order valence-electron chi connectivity index (χ0n) is 6.04. The van der Waals surface area contributed by atoms with E-state index < -0.39 is 11.6 Å². The maximum Gasteiger partial charge on any atom is 0.227 e. The van der Waals surface area contributed by atoms with Crippen molar-refractivity contribution in [1.82, 2.24) is 4.98 Å². The van der Waals surface area contributed by atoms with Gasteiger partial charge in [0.05, 0.1) is 0 Å². The van der Waals surface area contributed by atoms with E-state index >= 15 is 0 Å². The van der Waals surface area contributed by atoms with Crippen molar-refractivity contribution in [1.29, 1.82) is 5.41 Å². The van der Waals surface area contributed by atoms with Crippen LogP contribution in [0.4, 0.5) is 0 Å². The molecule has 0 unspecified atom stereocenters. The van der Waals surface area contributed by atoms with Gasteiger partial charge >= 0.3 is 0 Å². The molecule has 0 saturated carbocycles. The third kappa shape index (κ3) is 1.79. The second-order valence-electron chi connectivity index (χ2n) is 2.11. The minimum absolute atomic E-state index is 0.210. The standard InChI is InChI=1S/C7H6ClN3O/c8-5-3-4(1-2-11-5)6(12)7(9)10/h1-3H,(H3,9,10). The first-order valence-electron chi connectivity index (χ1n) is 3.11. The molecule has 62 valence electrons. The van der Waals surface area contributed by atoms with Gasteiger partial charge in [-0.15, -0.1) is 0 Å². The van der Waals surface area contributed by atoms with E-state index in [1.54, 1.807) is 0 Å². The second-order valence-corrected chi connectivity index (χ2v) is 2.50. The third-order valence-corrected chi connectivity index (χ3v) is 1.44. The Hall–Kier alpha value is -1.42. The maximum absolute atomic E-state index is 11.1. The normalized spacial score (nSPS) is 9.42. The lowest BCUT2D eigenvalue weighted by atomic mass is 10.2. The van der Waals surface area contributed by atoms with Crippen molar-refractivity contribution >= 4 is 23.2 Å². The van der Waals surface area contributed by atoms with Gasteiger partial charge in [-0.25, -0.2) is 4.98 Å². The number of ketones is 1. The number of halogens is 1. The summed E-state index contributed by atoms with van der Waals surface area (Å²) in [5, 5.41) is 7.08. The van der Waals surface area contributed by atoms with Crippen molar-refractivity contribution in [2.45, 2.75) is 0 Å². The zero-order chi connectivity index (χ0) is 9.14. The minimum Gasteiger partial charge on any atom is -0.381 e. The van der Waals surface area contributed by atoms with Crippen molar-refractivity contribution in [2.24, 2.45) is 5.73 Å². The molecule has 0 aliphatic rings. The number of amidine groups is 1. The Morgan fingerprint density at radius 1 is 1.67 bits per heavy atom. The summed E-state index contributed by atoms with van der Waals surface area (Å²) in [7, 11) is 0. The van der Waals surface area contributed by atoms with Gasteiger partial charge in [-0.1, -0.05) is 11.6 Å². The highest BCUT2D eigenvalue weighted by Crippen LogP contribution is 2.07. The van der Waals surface area contributed by atoms with Crippen molar-refractivity contribution < 1.29 is 4.79 Å². The van der Waals surface area contributed by atoms with Crippen LogP contribution >= 0.6 is 11.6 Å². The Bertz CT molecular complexity index is 337. The summed E-state index contributed by atoms with van der Waals surface area (Å²) in [5.41, 5.74) is 5.27. The molecule has 1 aromatic rings. The number of nitrogens with one attached hydrogen (secondary N) is 1. The first kappa shape index (κ1) is 8.67. The van der Waals surface area contributed by atoms with Gasteiger partial charge in [-0.05, 0) is 12.1 Å². The maximum atomic E-state index is 11.1. The molecule has 1 aromatic heterocycles. The Kier molecular flexibility index (Phi) is 2.40. The molecular formula is C7H6ClN3O. The lowest BCUT2D eigenvalue weighted by Gasteiger charge is -1.96. The van der Waals surface area contributed by atoms with Crippen molar-refractivity contribution in [2.75, 3.05) is 0 Å². The fourth-order valence-electron chi connectivity index (χ4n) is 0.699. The second kappa shape index (κ2) is 3.32. The highest BCUT2D eigenvalue weighted by Gasteiger charge is 2.08. The molecule has 0 saturated heterocycles. The van der Waals surface area contributed by atoms with E-state index in [0.717, 1.165) is 0 Å². The van der Waals surface area contributed by atoms with Crippen molar-refractivity contribution in [3.05, 3.63) is 29.0 Å². The van der Waals surface area contributed by atoms with Crippen LogP contribution in [0.1, 0.15) is 10.4 Å². The van der Waals surface area contributed by atoms with Crippen LogP contribution in [0.2, 0.25) is 5.15 Å². The van der Waals surface area contributed by atoms with Gasteiger partial charge in [0.25, 0.3) is 0 Å². The Balaban J connectivity index is 3.04. The molecular weight excluding hydrogens is 178 g/mol. The van der Waals surface area contributed by atoms with Crippen molar-refractivity contribution in [3.63, 3.8) is 0 Å². The largest absolute Gasteiger partial charge is 0.381 e. The number of pyridine rings is 1. The number of aromatic nitrogens is 1. The molecule has 0 aromatic carbocycles. The molecule has 0 aliphatic carbocycles. The Labute approximate surface area is 73.9 Å². The summed E-state index contributed by atoms with van der Waals surface area (Å²) in [6, 6.07) is 2.82. The molecule has 0 atom stereocenters. The topological polar surface area (TPSA) is 79.8 Å². The van der Waals surface area contributed by atoms with Crippen LogP contribution in [0.25, 0.3) is 0 Å². The molecule has 0 fully saturated rings. The average Bonchev–Trinajstić information content (AvgIpc) is 2.03. The summed E-state index contributed by atoms with van der Waals surface area (Å²) >= 11 is 5.52. The van der Waals surface area contributed by atoms with Crippen LogP contribution < -0.4 is 5.73 Å².